The lowest BCUT2D eigenvalue weighted by Gasteiger charge is -2.09. The van der Waals surface area contributed by atoms with Crippen LogP contribution in [0.4, 0.5) is 0 Å². The zero-order valence-electron chi connectivity index (χ0n) is 26.2. The van der Waals surface area contributed by atoms with Crippen LogP contribution in [0.25, 0.3) is 11.1 Å². The maximum Gasteiger partial charge on any atom is 0.137 e. The maximum absolute atomic E-state index is 5.97. The monoisotopic (exact) mass is 579 g/mol. The van der Waals surface area contributed by atoms with Crippen molar-refractivity contribution in [1.82, 2.24) is 4.98 Å². The second-order valence-corrected chi connectivity index (χ2v) is 11.4. The van der Waals surface area contributed by atoms with Gasteiger partial charge in [0, 0.05) is 5.69 Å². The zero-order chi connectivity index (χ0) is 30.0. The van der Waals surface area contributed by atoms with Crippen molar-refractivity contribution >= 4 is 0 Å². The molecule has 0 unspecified atom stereocenters. The quantitative estimate of drug-likeness (QED) is 0.0977. The normalized spacial score (nSPS) is 10.9. The van der Waals surface area contributed by atoms with Gasteiger partial charge >= 0.3 is 0 Å². The summed E-state index contributed by atoms with van der Waals surface area (Å²) in [7, 11) is 0. The summed E-state index contributed by atoms with van der Waals surface area (Å²) in [6, 6.07) is 29.8. The van der Waals surface area contributed by atoms with Gasteiger partial charge < -0.3 is 14.2 Å². The lowest BCUT2D eigenvalue weighted by molar-refractivity contribution is 0.287. The molecule has 0 aliphatic heterocycles. The van der Waals surface area contributed by atoms with Crippen LogP contribution in [0.1, 0.15) is 81.5 Å². The van der Waals surface area contributed by atoms with E-state index in [2.05, 4.69) is 104 Å². The summed E-state index contributed by atoms with van der Waals surface area (Å²) in [5.74, 6) is 2.78. The molecule has 0 spiro atoms. The topological polar surface area (TPSA) is 40.6 Å². The first kappa shape index (κ1) is 32.1. The fourth-order valence-corrected chi connectivity index (χ4v) is 5.00. The van der Waals surface area contributed by atoms with Crippen molar-refractivity contribution in [3.05, 3.63) is 108 Å². The molecule has 1 aromatic heterocycles. The molecule has 228 valence electrons. The first-order valence-corrected chi connectivity index (χ1v) is 16.3. The Balaban J connectivity index is 0.999. The van der Waals surface area contributed by atoms with Crippen LogP contribution >= 0.6 is 0 Å². The van der Waals surface area contributed by atoms with Gasteiger partial charge in [0.2, 0.25) is 0 Å². The number of benzene rings is 3. The predicted molar refractivity (Wildman–Crippen MR) is 178 cm³/mol. The third kappa shape index (κ3) is 12.2. The molecule has 1 heterocycles. The Hall–Kier alpha value is -3.79. The van der Waals surface area contributed by atoms with Gasteiger partial charge in [-0.05, 0) is 118 Å². The van der Waals surface area contributed by atoms with Gasteiger partial charge in [0.25, 0.3) is 0 Å². The van der Waals surface area contributed by atoms with E-state index in [-0.39, 0.29) is 0 Å². The third-order valence-electron chi connectivity index (χ3n) is 7.70. The van der Waals surface area contributed by atoms with Crippen LogP contribution in [0.2, 0.25) is 0 Å². The van der Waals surface area contributed by atoms with Crippen molar-refractivity contribution in [2.45, 2.75) is 84.5 Å². The van der Waals surface area contributed by atoms with E-state index in [1.165, 1.54) is 35.1 Å². The average molecular weight is 580 g/mol. The van der Waals surface area contributed by atoms with Gasteiger partial charge in [0.1, 0.15) is 17.2 Å². The number of aryl methyl sites for hydroxylation is 3. The van der Waals surface area contributed by atoms with Crippen molar-refractivity contribution < 1.29 is 14.2 Å². The van der Waals surface area contributed by atoms with Gasteiger partial charge in [-0.15, -0.1) is 0 Å². The van der Waals surface area contributed by atoms with E-state index in [4.69, 9.17) is 14.2 Å². The highest BCUT2D eigenvalue weighted by atomic mass is 16.5. The molecule has 0 aliphatic carbocycles. The Labute approximate surface area is 259 Å². The molecule has 0 atom stereocenters. The van der Waals surface area contributed by atoms with Crippen molar-refractivity contribution in [1.29, 1.82) is 0 Å². The smallest absolute Gasteiger partial charge is 0.137 e. The molecular weight excluding hydrogens is 530 g/mol. The number of hydrogen-bond donors (Lipinski definition) is 0. The average Bonchev–Trinajstić information content (AvgIpc) is 3.05. The molecule has 0 N–H and O–H groups in total. The Kier molecular flexibility index (Phi) is 14.0. The Morgan fingerprint density at radius 1 is 0.488 bits per heavy atom. The number of hydrogen-bond acceptors (Lipinski definition) is 4. The van der Waals surface area contributed by atoms with Gasteiger partial charge in [-0.2, -0.15) is 0 Å². The highest BCUT2D eigenvalue weighted by Gasteiger charge is 2.02. The minimum absolute atomic E-state index is 0.753. The molecule has 4 rings (SSSR count). The minimum Gasteiger partial charge on any atom is -0.494 e. The highest BCUT2D eigenvalue weighted by Crippen LogP contribution is 2.23. The minimum atomic E-state index is 0.753. The van der Waals surface area contributed by atoms with Crippen molar-refractivity contribution in [3.8, 4) is 28.4 Å². The fourth-order valence-electron chi connectivity index (χ4n) is 5.00. The fraction of sp³-hybridized carbons (Fsp3) is 0.410. The molecule has 0 fully saturated rings. The van der Waals surface area contributed by atoms with E-state index >= 15 is 0 Å². The van der Waals surface area contributed by atoms with Gasteiger partial charge in [-0.3, -0.25) is 4.98 Å². The van der Waals surface area contributed by atoms with E-state index in [0.717, 1.165) is 101 Å². The molecule has 0 saturated heterocycles. The Bertz CT molecular complexity index is 1280. The lowest BCUT2D eigenvalue weighted by atomic mass is 10.0. The first-order chi connectivity index (χ1) is 21.2. The second kappa shape index (κ2) is 18.7. The van der Waals surface area contributed by atoms with Crippen molar-refractivity contribution in [2.24, 2.45) is 0 Å². The maximum atomic E-state index is 5.97. The number of aromatic nitrogens is 1. The number of pyridine rings is 1. The Morgan fingerprint density at radius 2 is 1.00 bits per heavy atom. The van der Waals surface area contributed by atoms with Crippen LogP contribution in [0, 0.1) is 6.92 Å². The van der Waals surface area contributed by atoms with Crippen molar-refractivity contribution in [2.75, 3.05) is 19.8 Å². The molecule has 4 heteroatoms. The van der Waals surface area contributed by atoms with Crippen LogP contribution in [-0.4, -0.2) is 24.8 Å². The third-order valence-corrected chi connectivity index (χ3v) is 7.70. The van der Waals surface area contributed by atoms with E-state index in [1.807, 2.05) is 6.20 Å². The summed E-state index contributed by atoms with van der Waals surface area (Å²) in [5.41, 5.74) is 6.24. The van der Waals surface area contributed by atoms with Crippen LogP contribution in [0.5, 0.6) is 17.2 Å². The molecule has 3 aromatic carbocycles. The highest BCUT2D eigenvalue weighted by molar-refractivity contribution is 5.64. The molecule has 0 amide bonds. The Morgan fingerprint density at radius 3 is 1.58 bits per heavy atom. The van der Waals surface area contributed by atoms with Crippen molar-refractivity contribution in [3.63, 3.8) is 0 Å². The predicted octanol–water partition coefficient (Wildman–Crippen LogP) is 10.2. The summed E-state index contributed by atoms with van der Waals surface area (Å²) in [5, 5.41) is 0. The van der Waals surface area contributed by atoms with Crippen LogP contribution < -0.4 is 14.2 Å². The van der Waals surface area contributed by atoms with E-state index in [9.17, 15) is 0 Å². The number of ether oxygens (including phenoxy) is 3. The van der Waals surface area contributed by atoms with E-state index in [1.54, 1.807) is 0 Å². The largest absolute Gasteiger partial charge is 0.494 e. The van der Waals surface area contributed by atoms with Gasteiger partial charge in [-0.25, -0.2) is 0 Å². The molecule has 0 bridgehead atoms. The summed E-state index contributed by atoms with van der Waals surface area (Å²) >= 11 is 0. The number of nitrogens with zero attached hydrogens (tertiary/aromatic N) is 1. The molecule has 0 saturated carbocycles. The lowest BCUT2D eigenvalue weighted by Crippen LogP contribution is -2.00. The van der Waals surface area contributed by atoms with Crippen LogP contribution in [0.3, 0.4) is 0 Å². The molecule has 4 nitrogen and oxygen atoms in total. The number of rotatable bonds is 20. The van der Waals surface area contributed by atoms with Crippen LogP contribution in [0.15, 0.2) is 91.1 Å². The molecular formula is C39H49NO3. The zero-order valence-corrected chi connectivity index (χ0v) is 26.2. The van der Waals surface area contributed by atoms with Gasteiger partial charge in [-0.1, -0.05) is 73.9 Å². The van der Waals surface area contributed by atoms with Gasteiger partial charge in [0.05, 0.1) is 26.0 Å². The summed E-state index contributed by atoms with van der Waals surface area (Å²) in [6.45, 7) is 6.61. The standard InChI is InChI=1S/C39H49NO3/c1-3-4-9-28-43-39-27-22-36(40-31-39)13-8-7-12-33-16-23-37(24-17-33)41-29-10-5-6-11-30-42-38-25-20-35(21-26-38)34-18-14-32(2)15-19-34/h14-27,31H,3-13,28-30H2,1-2H3. The van der Waals surface area contributed by atoms with E-state index < -0.39 is 0 Å². The SMILES string of the molecule is CCCCCOc1ccc(CCCCc2ccc(OCCCCCCOc3ccc(-c4ccc(C)cc4)cc3)cc2)nc1. The molecule has 43 heavy (non-hydrogen) atoms. The van der Waals surface area contributed by atoms with Gasteiger partial charge in [0.15, 0.2) is 0 Å². The van der Waals surface area contributed by atoms with E-state index in [0.29, 0.717) is 0 Å². The van der Waals surface area contributed by atoms with Crippen LogP contribution in [-0.2, 0) is 12.8 Å². The molecule has 0 aliphatic rings. The second-order valence-electron chi connectivity index (χ2n) is 11.4. The summed E-state index contributed by atoms with van der Waals surface area (Å²) in [4.78, 5) is 4.57. The first-order valence-electron chi connectivity index (χ1n) is 16.3. The molecule has 4 aromatic rings. The number of unbranched alkanes of at least 4 members (excludes halogenated alkanes) is 6. The summed E-state index contributed by atoms with van der Waals surface area (Å²) in [6.07, 6.45) is 14.2. The molecule has 0 radical (unpaired) electrons. The summed E-state index contributed by atoms with van der Waals surface area (Å²) < 4.78 is 17.7.